The molecule has 2 aromatic carbocycles. The Morgan fingerprint density at radius 1 is 1.16 bits per heavy atom. The van der Waals surface area contributed by atoms with E-state index in [0.717, 1.165) is 17.7 Å². The fourth-order valence-electron chi connectivity index (χ4n) is 2.20. The predicted molar refractivity (Wildman–Crippen MR) is 80.7 cm³/mol. The van der Waals surface area contributed by atoms with Gasteiger partial charge in [-0.3, -0.25) is 0 Å². The topological polar surface area (TPSA) is 32.3 Å². The molecule has 0 aromatic heterocycles. The fourth-order valence-corrected chi connectivity index (χ4v) is 2.39. The molecule has 0 spiro atoms. The van der Waals surface area contributed by atoms with Crippen LogP contribution in [0.5, 0.6) is 0 Å². The third kappa shape index (κ3) is 3.49. The first-order valence-electron chi connectivity index (χ1n) is 6.45. The SMILES string of the molecule is CCc1ccccc1C(CO)Nc1cccc(Cl)c1. The number of halogens is 1. The lowest BCUT2D eigenvalue weighted by Gasteiger charge is -2.21. The van der Waals surface area contributed by atoms with Gasteiger partial charge in [0.1, 0.15) is 0 Å². The van der Waals surface area contributed by atoms with Gasteiger partial charge in [0.05, 0.1) is 12.6 Å². The van der Waals surface area contributed by atoms with Gasteiger partial charge in [-0.05, 0) is 35.7 Å². The second-order valence-electron chi connectivity index (χ2n) is 4.44. The standard InChI is InChI=1S/C16H18ClNO/c1-2-12-6-3-4-9-15(12)16(11-19)18-14-8-5-7-13(17)10-14/h3-10,16,18-19H,2,11H2,1H3. The molecular formula is C16H18ClNO. The molecule has 2 rings (SSSR count). The van der Waals surface area contributed by atoms with Crippen molar-refractivity contribution in [1.29, 1.82) is 0 Å². The average Bonchev–Trinajstić information content (AvgIpc) is 2.45. The predicted octanol–water partition coefficient (Wildman–Crippen LogP) is 4.05. The van der Waals surface area contributed by atoms with Gasteiger partial charge >= 0.3 is 0 Å². The summed E-state index contributed by atoms with van der Waals surface area (Å²) in [5.41, 5.74) is 3.29. The molecule has 1 unspecified atom stereocenters. The van der Waals surface area contributed by atoms with Crippen molar-refractivity contribution in [2.24, 2.45) is 0 Å². The Kier molecular flexibility index (Phi) is 4.83. The number of anilines is 1. The molecule has 2 N–H and O–H groups in total. The summed E-state index contributed by atoms with van der Waals surface area (Å²) in [6, 6.07) is 15.6. The van der Waals surface area contributed by atoms with Gasteiger partial charge in [0.25, 0.3) is 0 Å². The van der Waals surface area contributed by atoms with E-state index in [4.69, 9.17) is 11.6 Å². The first-order chi connectivity index (χ1) is 9.24. The summed E-state index contributed by atoms with van der Waals surface area (Å²) in [5, 5.41) is 13.6. The third-order valence-electron chi connectivity index (χ3n) is 3.16. The molecule has 2 aromatic rings. The summed E-state index contributed by atoms with van der Waals surface area (Å²) >= 11 is 5.97. The second-order valence-corrected chi connectivity index (χ2v) is 4.88. The van der Waals surface area contributed by atoms with Gasteiger partial charge in [0.15, 0.2) is 0 Å². The van der Waals surface area contributed by atoms with Crippen molar-refractivity contribution in [3.05, 3.63) is 64.7 Å². The summed E-state index contributed by atoms with van der Waals surface area (Å²) < 4.78 is 0. The highest BCUT2D eigenvalue weighted by Crippen LogP contribution is 2.24. The Hall–Kier alpha value is -1.51. The summed E-state index contributed by atoms with van der Waals surface area (Å²) in [7, 11) is 0. The fraction of sp³-hybridized carbons (Fsp3) is 0.250. The van der Waals surface area contributed by atoms with Crippen molar-refractivity contribution in [3.63, 3.8) is 0 Å². The number of rotatable bonds is 5. The molecule has 100 valence electrons. The van der Waals surface area contributed by atoms with E-state index in [1.807, 2.05) is 36.4 Å². The van der Waals surface area contributed by atoms with Crippen LogP contribution < -0.4 is 5.32 Å². The number of benzene rings is 2. The number of aliphatic hydroxyl groups is 1. The van der Waals surface area contributed by atoms with Crippen LogP contribution in [0, 0.1) is 0 Å². The second kappa shape index (κ2) is 6.60. The molecule has 0 radical (unpaired) electrons. The Bertz CT molecular complexity index is 542. The molecule has 3 heteroatoms. The lowest BCUT2D eigenvalue weighted by molar-refractivity contribution is 0.276. The number of aryl methyl sites for hydroxylation is 1. The summed E-state index contributed by atoms with van der Waals surface area (Å²) in [4.78, 5) is 0. The molecule has 2 nitrogen and oxygen atoms in total. The highest BCUT2D eigenvalue weighted by Gasteiger charge is 2.13. The Labute approximate surface area is 119 Å². The minimum atomic E-state index is -0.116. The van der Waals surface area contributed by atoms with Gasteiger partial charge in [-0.25, -0.2) is 0 Å². The maximum atomic E-state index is 9.63. The summed E-state index contributed by atoms with van der Waals surface area (Å²) in [6.45, 7) is 2.16. The minimum absolute atomic E-state index is 0.0452. The van der Waals surface area contributed by atoms with E-state index in [9.17, 15) is 5.11 Å². The molecular weight excluding hydrogens is 258 g/mol. The van der Waals surface area contributed by atoms with Crippen LogP contribution in [-0.4, -0.2) is 11.7 Å². The van der Waals surface area contributed by atoms with E-state index in [0.29, 0.717) is 5.02 Å². The molecule has 0 amide bonds. The van der Waals surface area contributed by atoms with Crippen molar-refractivity contribution in [3.8, 4) is 0 Å². The molecule has 0 saturated heterocycles. The zero-order chi connectivity index (χ0) is 13.7. The van der Waals surface area contributed by atoms with E-state index >= 15 is 0 Å². The zero-order valence-corrected chi connectivity index (χ0v) is 11.7. The van der Waals surface area contributed by atoms with E-state index in [-0.39, 0.29) is 12.6 Å². The molecule has 0 bridgehead atoms. The van der Waals surface area contributed by atoms with Crippen molar-refractivity contribution < 1.29 is 5.11 Å². The van der Waals surface area contributed by atoms with Crippen LogP contribution in [0.25, 0.3) is 0 Å². The molecule has 0 aliphatic heterocycles. The molecule has 0 saturated carbocycles. The largest absolute Gasteiger partial charge is 0.394 e. The van der Waals surface area contributed by atoms with Crippen molar-refractivity contribution in [2.45, 2.75) is 19.4 Å². The van der Waals surface area contributed by atoms with Crippen LogP contribution in [0.4, 0.5) is 5.69 Å². The van der Waals surface area contributed by atoms with E-state index in [1.165, 1.54) is 5.56 Å². The zero-order valence-electron chi connectivity index (χ0n) is 10.9. The van der Waals surface area contributed by atoms with Crippen molar-refractivity contribution in [1.82, 2.24) is 0 Å². The highest BCUT2D eigenvalue weighted by molar-refractivity contribution is 6.30. The molecule has 0 heterocycles. The summed E-state index contributed by atoms with van der Waals surface area (Å²) in [5.74, 6) is 0. The smallest absolute Gasteiger partial charge is 0.0747 e. The van der Waals surface area contributed by atoms with Gasteiger partial charge in [0, 0.05) is 10.7 Å². The van der Waals surface area contributed by atoms with Gasteiger partial charge in [-0.15, -0.1) is 0 Å². The Morgan fingerprint density at radius 3 is 2.63 bits per heavy atom. The average molecular weight is 276 g/mol. The van der Waals surface area contributed by atoms with Crippen LogP contribution >= 0.6 is 11.6 Å². The minimum Gasteiger partial charge on any atom is -0.394 e. The van der Waals surface area contributed by atoms with Gasteiger partial charge in [-0.2, -0.15) is 0 Å². The van der Waals surface area contributed by atoms with E-state index < -0.39 is 0 Å². The highest BCUT2D eigenvalue weighted by atomic mass is 35.5. The molecule has 19 heavy (non-hydrogen) atoms. The normalized spacial score (nSPS) is 12.2. The number of nitrogens with one attached hydrogen (secondary N) is 1. The Morgan fingerprint density at radius 2 is 1.95 bits per heavy atom. The van der Waals surface area contributed by atoms with Crippen molar-refractivity contribution in [2.75, 3.05) is 11.9 Å². The van der Waals surface area contributed by atoms with Crippen LogP contribution in [0.1, 0.15) is 24.1 Å². The molecule has 0 aliphatic rings. The third-order valence-corrected chi connectivity index (χ3v) is 3.39. The van der Waals surface area contributed by atoms with Crippen LogP contribution in [-0.2, 0) is 6.42 Å². The number of hydrogen-bond donors (Lipinski definition) is 2. The lowest BCUT2D eigenvalue weighted by atomic mass is 9.99. The molecule has 0 fully saturated rings. The molecule has 1 atom stereocenters. The lowest BCUT2D eigenvalue weighted by Crippen LogP contribution is -2.16. The number of hydrogen-bond acceptors (Lipinski definition) is 2. The van der Waals surface area contributed by atoms with Gasteiger partial charge in [-0.1, -0.05) is 48.9 Å². The van der Waals surface area contributed by atoms with Crippen LogP contribution in [0.2, 0.25) is 5.02 Å². The molecule has 0 aliphatic carbocycles. The van der Waals surface area contributed by atoms with Gasteiger partial charge < -0.3 is 10.4 Å². The summed E-state index contributed by atoms with van der Waals surface area (Å²) in [6.07, 6.45) is 0.948. The maximum Gasteiger partial charge on any atom is 0.0747 e. The first kappa shape index (κ1) is 13.9. The van der Waals surface area contributed by atoms with Crippen LogP contribution in [0.3, 0.4) is 0 Å². The first-order valence-corrected chi connectivity index (χ1v) is 6.83. The Balaban J connectivity index is 2.25. The quantitative estimate of drug-likeness (QED) is 0.863. The van der Waals surface area contributed by atoms with E-state index in [2.05, 4.69) is 24.4 Å². The number of aliphatic hydroxyl groups excluding tert-OH is 1. The van der Waals surface area contributed by atoms with Crippen LogP contribution in [0.15, 0.2) is 48.5 Å². The van der Waals surface area contributed by atoms with Crippen molar-refractivity contribution >= 4 is 17.3 Å². The monoisotopic (exact) mass is 275 g/mol. The van der Waals surface area contributed by atoms with E-state index in [1.54, 1.807) is 0 Å². The maximum absolute atomic E-state index is 9.63. The van der Waals surface area contributed by atoms with Gasteiger partial charge in [0.2, 0.25) is 0 Å².